The lowest BCUT2D eigenvalue weighted by Gasteiger charge is -2.13. The van der Waals surface area contributed by atoms with Crippen molar-refractivity contribution in [1.29, 1.82) is 0 Å². The number of imide groups is 1. The van der Waals surface area contributed by atoms with Crippen LogP contribution in [0.15, 0.2) is 24.3 Å². The van der Waals surface area contributed by atoms with Crippen LogP contribution in [0.3, 0.4) is 0 Å². The minimum absolute atomic E-state index is 0.182. The van der Waals surface area contributed by atoms with Crippen molar-refractivity contribution in [3.63, 3.8) is 0 Å². The molecule has 4 nitrogen and oxygen atoms in total. The molecule has 1 aromatic rings. The second kappa shape index (κ2) is 6.58. The van der Waals surface area contributed by atoms with E-state index in [0.717, 1.165) is 25.7 Å². The third-order valence-electron chi connectivity index (χ3n) is 3.26. The third kappa shape index (κ3) is 3.07. The molecule has 0 bridgehead atoms. The predicted octanol–water partition coefficient (Wildman–Crippen LogP) is 3.13. The van der Waals surface area contributed by atoms with Gasteiger partial charge in [0, 0.05) is 12.7 Å². The largest absolute Gasteiger partial charge is 0.275 e. The summed E-state index contributed by atoms with van der Waals surface area (Å²) in [5, 5.41) is 0. The number of hydrogen-bond donors (Lipinski definition) is 0. The first kappa shape index (κ1) is 13.9. The quantitative estimate of drug-likeness (QED) is 0.437. The maximum absolute atomic E-state index is 12.0. The van der Waals surface area contributed by atoms with Gasteiger partial charge in [0.15, 0.2) is 8.46 Å². The van der Waals surface area contributed by atoms with Gasteiger partial charge in [0.1, 0.15) is 0 Å². The molecule has 2 rings (SSSR count). The Hall–Kier alpha value is -1.54. The van der Waals surface area contributed by atoms with Crippen LogP contribution in [-0.4, -0.2) is 29.4 Å². The number of fused-ring (bicyclic) bond motifs is 1. The summed E-state index contributed by atoms with van der Waals surface area (Å²) in [4.78, 5) is 25.4. The van der Waals surface area contributed by atoms with E-state index in [1.54, 1.807) is 24.3 Å². The molecule has 0 N–H and O–H groups in total. The Kier molecular flexibility index (Phi) is 4.80. The molecule has 0 aliphatic carbocycles. The zero-order valence-electron chi connectivity index (χ0n) is 10.7. The summed E-state index contributed by atoms with van der Waals surface area (Å²) < 4.78 is 10.3. The number of benzene rings is 1. The van der Waals surface area contributed by atoms with Crippen LogP contribution >= 0.6 is 8.46 Å². The van der Waals surface area contributed by atoms with E-state index in [0.29, 0.717) is 23.8 Å². The van der Waals surface area contributed by atoms with Crippen LogP contribution in [0.4, 0.5) is 0 Å². The van der Waals surface area contributed by atoms with Gasteiger partial charge in [-0.3, -0.25) is 19.1 Å². The average molecular weight is 277 g/mol. The van der Waals surface area contributed by atoms with Crippen molar-refractivity contribution in [2.45, 2.75) is 25.7 Å². The smallest absolute Gasteiger partial charge is 0.261 e. The molecule has 1 aromatic carbocycles. The van der Waals surface area contributed by atoms with Crippen molar-refractivity contribution in [1.82, 2.24) is 4.90 Å². The Bertz CT molecular complexity index is 466. The minimum Gasteiger partial charge on any atom is -0.275 e. The molecule has 0 aromatic heterocycles. The molecule has 1 heterocycles. The molecule has 0 unspecified atom stereocenters. The van der Waals surface area contributed by atoms with Gasteiger partial charge in [-0.25, -0.2) is 0 Å². The van der Waals surface area contributed by atoms with Crippen LogP contribution in [0.5, 0.6) is 0 Å². The lowest BCUT2D eigenvalue weighted by Crippen LogP contribution is -2.30. The summed E-state index contributed by atoms with van der Waals surface area (Å²) >= 11 is 0. The lowest BCUT2D eigenvalue weighted by atomic mass is 10.1. The van der Waals surface area contributed by atoms with E-state index in [1.807, 2.05) is 0 Å². The van der Waals surface area contributed by atoms with Crippen molar-refractivity contribution in [2.24, 2.45) is 0 Å². The molecular formula is C14H16NO3P. The van der Waals surface area contributed by atoms with Gasteiger partial charge in [-0.2, -0.15) is 0 Å². The average Bonchev–Trinajstić information content (AvgIpc) is 2.68. The molecule has 0 fully saturated rings. The Labute approximate surface area is 114 Å². The Morgan fingerprint density at radius 3 is 2.05 bits per heavy atom. The first-order chi connectivity index (χ1) is 9.25. The van der Waals surface area contributed by atoms with Crippen molar-refractivity contribution >= 4 is 20.3 Å². The normalized spacial score (nSPS) is 14.2. The zero-order chi connectivity index (χ0) is 13.7. The van der Waals surface area contributed by atoms with Gasteiger partial charge in [-0.1, -0.05) is 25.0 Å². The number of carbonyl (C=O) groups excluding carboxylic acids is 2. The summed E-state index contributed by atoms with van der Waals surface area (Å²) in [7, 11) is 0.193. The van der Waals surface area contributed by atoms with Gasteiger partial charge in [0.2, 0.25) is 0 Å². The molecule has 100 valence electrons. The van der Waals surface area contributed by atoms with Crippen LogP contribution in [0.25, 0.3) is 0 Å². The standard InChI is InChI=1S/C14H16NO3P/c16-13-11-7-3-4-8-12(11)14(17)15(13)9-5-1-2-6-10-19-18/h3-4,7-8H,1-2,5-6,9-10H2. The Balaban J connectivity index is 1.85. The highest BCUT2D eigenvalue weighted by Gasteiger charge is 2.34. The maximum atomic E-state index is 12.0. The van der Waals surface area contributed by atoms with E-state index in [4.69, 9.17) is 0 Å². The van der Waals surface area contributed by atoms with E-state index >= 15 is 0 Å². The summed E-state index contributed by atoms with van der Waals surface area (Å²) in [5.41, 5.74) is 1.02. The van der Waals surface area contributed by atoms with Crippen LogP contribution in [0, 0.1) is 0 Å². The highest BCUT2D eigenvalue weighted by Crippen LogP contribution is 2.22. The number of rotatable bonds is 7. The van der Waals surface area contributed by atoms with Gasteiger partial charge in [0.25, 0.3) is 11.8 Å². The third-order valence-corrected chi connectivity index (χ3v) is 3.76. The van der Waals surface area contributed by atoms with Crippen LogP contribution < -0.4 is 0 Å². The zero-order valence-corrected chi connectivity index (χ0v) is 11.6. The molecule has 0 atom stereocenters. The molecule has 5 heteroatoms. The fourth-order valence-corrected chi connectivity index (χ4v) is 2.59. The molecule has 1 aliphatic heterocycles. The van der Waals surface area contributed by atoms with Crippen LogP contribution in [0.1, 0.15) is 46.4 Å². The van der Waals surface area contributed by atoms with E-state index in [2.05, 4.69) is 0 Å². The number of nitrogens with zero attached hydrogens (tertiary/aromatic N) is 1. The van der Waals surface area contributed by atoms with E-state index < -0.39 is 0 Å². The molecule has 2 amide bonds. The fourth-order valence-electron chi connectivity index (χ4n) is 2.24. The van der Waals surface area contributed by atoms with Crippen molar-refractivity contribution in [2.75, 3.05) is 12.7 Å². The van der Waals surface area contributed by atoms with Gasteiger partial charge < -0.3 is 0 Å². The van der Waals surface area contributed by atoms with Gasteiger partial charge in [0.05, 0.1) is 11.1 Å². The number of hydrogen-bond acceptors (Lipinski definition) is 3. The summed E-state index contributed by atoms with van der Waals surface area (Å²) in [6.45, 7) is 0.474. The molecule has 0 saturated carbocycles. The molecule has 0 spiro atoms. The molecule has 1 aliphatic rings. The SMILES string of the molecule is O=PCCCCCCN1C(=O)c2ccccc2C1=O. The number of carbonyl (C=O) groups is 2. The van der Waals surface area contributed by atoms with Gasteiger partial charge in [-0.05, 0) is 25.0 Å². The van der Waals surface area contributed by atoms with Crippen LogP contribution in [-0.2, 0) is 4.57 Å². The molecule has 0 radical (unpaired) electrons. The summed E-state index contributed by atoms with van der Waals surface area (Å²) in [6.07, 6.45) is 4.35. The fraction of sp³-hybridized carbons (Fsp3) is 0.429. The summed E-state index contributed by atoms with van der Waals surface area (Å²) in [5.74, 6) is -0.364. The molecule has 0 saturated heterocycles. The Morgan fingerprint density at radius 1 is 0.895 bits per heavy atom. The second-order valence-electron chi connectivity index (χ2n) is 4.57. The van der Waals surface area contributed by atoms with Crippen molar-refractivity contribution < 1.29 is 14.2 Å². The van der Waals surface area contributed by atoms with Crippen molar-refractivity contribution in [3.8, 4) is 0 Å². The van der Waals surface area contributed by atoms with Crippen LogP contribution in [0.2, 0.25) is 0 Å². The maximum Gasteiger partial charge on any atom is 0.261 e. The molecule has 19 heavy (non-hydrogen) atoms. The predicted molar refractivity (Wildman–Crippen MR) is 72.8 cm³/mol. The highest BCUT2D eigenvalue weighted by atomic mass is 31.1. The van der Waals surface area contributed by atoms with Crippen molar-refractivity contribution in [3.05, 3.63) is 35.4 Å². The monoisotopic (exact) mass is 277 g/mol. The number of amides is 2. The van der Waals surface area contributed by atoms with E-state index in [-0.39, 0.29) is 20.3 Å². The first-order valence-electron chi connectivity index (χ1n) is 6.50. The topological polar surface area (TPSA) is 54.5 Å². The minimum atomic E-state index is -0.182. The van der Waals surface area contributed by atoms with Gasteiger partial charge in [-0.15, -0.1) is 0 Å². The highest BCUT2D eigenvalue weighted by molar-refractivity contribution is 7.23. The van der Waals surface area contributed by atoms with E-state index in [9.17, 15) is 14.2 Å². The Morgan fingerprint density at radius 2 is 1.47 bits per heavy atom. The second-order valence-corrected chi connectivity index (χ2v) is 5.28. The van der Waals surface area contributed by atoms with E-state index in [1.165, 1.54) is 4.90 Å². The molecular weight excluding hydrogens is 261 g/mol. The summed E-state index contributed by atoms with van der Waals surface area (Å²) in [6, 6.07) is 6.94. The first-order valence-corrected chi connectivity index (χ1v) is 7.50. The van der Waals surface area contributed by atoms with Gasteiger partial charge >= 0.3 is 0 Å². The lowest BCUT2D eigenvalue weighted by molar-refractivity contribution is 0.0651. The number of unbranched alkanes of at least 4 members (excludes halogenated alkanes) is 3.